The third kappa shape index (κ3) is 4.01. The third-order valence-corrected chi connectivity index (χ3v) is 6.42. The van der Waals surface area contributed by atoms with Gasteiger partial charge in [0.25, 0.3) is 0 Å². The van der Waals surface area contributed by atoms with Crippen molar-refractivity contribution < 1.29 is 4.74 Å². The van der Waals surface area contributed by atoms with Gasteiger partial charge in [0.15, 0.2) is 0 Å². The lowest BCUT2D eigenvalue weighted by Crippen LogP contribution is -2.10. The number of hydrogen-bond acceptors (Lipinski definition) is 5. The van der Waals surface area contributed by atoms with Crippen LogP contribution in [0, 0.1) is 0 Å². The molecule has 2 heterocycles. The van der Waals surface area contributed by atoms with Crippen LogP contribution in [-0.2, 0) is 0 Å². The topological polar surface area (TPSA) is 51.4 Å². The summed E-state index contributed by atoms with van der Waals surface area (Å²) in [5, 5.41) is 9.62. The van der Waals surface area contributed by atoms with Crippen LogP contribution in [0.1, 0.15) is 23.6 Å². The Balaban J connectivity index is 1.48. The fourth-order valence-corrected chi connectivity index (χ4v) is 4.32. The number of para-hydroxylation sites is 1. The second-order valence-electron chi connectivity index (χ2n) is 7.61. The van der Waals surface area contributed by atoms with Crippen molar-refractivity contribution in [2.45, 2.75) is 17.4 Å². The first-order valence-electron chi connectivity index (χ1n) is 10.5. The van der Waals surface area contributed by atoms with Crippen LogP contribution in [-0.4, -0.2) is 28.9 Å². The highest BCUT2D eigenvalue weighted by Gasteiger charge is 2.26. The molecule has 4 aromatic rings. The zero-order chi connectivity index (χ0) is 21.9. The number of rotatable bonds is 6. The molecular weight excluding hydrogens is 416 g/mol. The Morgan fingerprint density at radius 2 is 1.66 bits per heavy atom. The monoisotopic (exact) mass is 440 g/mol. The molecule has 1 N–H and O–H groups in total. The summed E-state index contributed by atoms with van der Waals surface area (Å²) in [5.41, 5.74) is 9.74. The van der Waals surface area contributed by atoms with Crippen molar-refractivity contribution in [3.63, 3.8) is 0 Å². The number of methoxy groups -OCH3 is 1. The Kier molecular flexibility index (Phi) is 5.69. The summed E-state index contributed by atoms with van der Waals surface area (Å²) in [7, 11) is 1.68. The van der Waals surface area contributed by atoms with Gasteiger partial charge in [-0.3, -0.25) is 0 Å². The Morgan fingerprint density at radius 3 is 2.34 bits per heavy atom. The molecule has 3 aromatic carbocycles. The molecule has 0 fully saturated rings. The number of hydrogen-bond donors (Lipinski definition) is 1. The SMILES string of the molecule is COc1ccc(C2=NNC(c3cn(-c4ccccc4)nc3-c3ccc(SC)cc3)C2)cc1. The lowest BCUT2D eigenvalue weighted by molar-refractivity contribution is 0.415. The molecule has 1 aliphatic rings. The molecule has 1 aromatic heterocycles. The molecule has 5 rings (SSSR count). The van der Waals surface area contributed by atoms with Gasteiger partial charge in [-0.1, -0.05) is 30.3 Å². The van der Waals surface area contributed by atoms with Crippen LogP contribution < -0.4 is 10.2 Å². The van der Waals surface area contributed by atoms with Crippen molar-refractivity contribution in [2.24, 2.45) is 5.10 Å². The van der Waals surface area contributed by atoms with Crippen LogP contribution in [0.15, 0.2) is 95.1 Å². The second kappa shape index (κ2) is 8.93. The third-order valence-electron chi connectivity index (χ3n) is 5.68. The molecule has 6 heteroatoms. The average molecular weight is 441 g/mol. The molecule has 0 aliphatic carbocycles. The van der Waals surface area contributed by atoms with E-state index in [1.807, 2.05) is 35.0 Å². The molecular formula is C26H24N4OS. The van der Waals surface area contributed by atoms with Crippen LogP contribution >= 0.6 is 11.8 Å². The standard InChI is InChI=1S/C26H24N4OS/c1-31-21-12-8-18(9-13-21)24-16-25(28-27-24)23-17-30(20-6-4-3-5-7-20)29-26(23)19-10-14-22(32-2)15-11-19/h3-15,17,25,28H,16H2,1-2H3. The van der Waals surface area contributed by atoms with Gasteiger partial charge in [0.1, 0.15) is 5.75 Å². The highest BCUT2D eigenvalue weighted by molar-refractivity contribution is 7.98. The number of nitrogens with one attached hydrogen (secondary N) is 1. The predicted molar refractivity (Wildman–Crippen MR) is 131 cm³/mol. The van der Waals surface area contributed by atoms with Gasteiger partial charge in [0.2, 0.25) is 0 Å². The maximum absolute atomic E-state index is 5.28. The van der Waals surface area contributed by atoms with E-state index in [9.17, 15) is 0 Å². The van der Waals surface area contributed by atoms with Crippen LogP contribution in [0.2, 0.25) is 0 Å². The van der Waals surface area contributed by atoms with E-state index in [1.54, 1.807) is 18.9 Å². The molecule has 0 saturated carbocycles. The van der Waals surface area contributed by atoms with Crippen molar-refractivity contribution in [1.29, 1.82) is 0 Å². The molecule has 0 saturated heterocycles. The molecule has 1 unspecified atom stereocenters. The normalized spacial score (nSPS) is 15.3. The highest BCUT2D eigenvalue weighted by Crippen LogP contribution is 2.34. The van der Waals surface area contributed by atoms with Gasteiger partial charge in [0.05, 0.1) is 30.2 Å². The van der Waals surface area contributed by atoms with E-state index >= 15 is 0 Å². The molecule has 0 spiro atoms. The minimum Gasteiger partial charge on any atom is -0.497 e. The minimum absolute atomic E-state index is 0.0554. The number of ether oxygens (including phenoxy) is 1. The Labute approximate surface area is 192 Å². The van der Waals surface area contributed by atoms with Gasteiger partial charge in [0, 0.05) is 28.6 Å². The zero-order valence-corrected chi connectivity index (χ0v) is 18.8. The summed E-state index contributed by atoms with van der Waals surface area (Å²) >= 11 is 1.74. The van der Waals surface area contributed by atoms with E-state index in [4.69, 9.17) is 9.84 Å². The number of hydrazone groups is 1. The van der Waals surface area contributed by atoms with Crippen molar-refractivity contribution in [3.8, 4) is 22.7 Å². The van der Waals surface area contributed by atoms with E-state index in [-0.39, 0.29) is 6.04 Å². The van der Waals surface area contributed by atoms with Gasteiger partial charge in [-0.05, 0) is 60.4 Å². The van der Waals surface area contributed by atoms with E-state index in [1.165, 1.54) is 4.90 Å². The summed E-state index contributed by atoms with van der Waals surface area (Å²) in [4.78, 5) is 1.24. The maximum atomic E-state index is 5.28. The Hall–Kier alpha value is -3.51. The molecule has 160 valence electrons. The average Bonchev–Trinajstić information content (AvgIpc) is 3.52. The zero-order valence-electron chi connectivity index (χ0n) is 18.0. The molecule has 1 aliphatic heterocycles. The molecule has 32 heavy (non-hydrogen) atoms. The fraction of sp³-hybridized carbons (Fsp3) is 0.154. The lowest BCUT2D eigenvalue weighted by Gasteiger charge is -2.10. The lowest BCUT2D eigenvalue weighted by atomic mass is 9.97. The van der Waals surface area contributed by atoms with Crippen LogP contribution in [0.5, 0.6) is 5.75 Å². The fourth-order valence-electron chi connectivity index (χ4n) is 3.91. The minimum atomic E-state index is 0.0554. The van der Waals surface area contributed by atoms with Crippen LogP contribution in [0.25, 0.3) is 16.9 Å². The van der Waals surface area contributed by atoms with Gasteiger partial charge >= 0.3 is 0 Å². The summed E-state index contributed by atoms with van der Waals surface area (Å²) in [6, 6.07) is 26.9. The molecule has 5 nitrogen and oxygen atoms in total. The molecule has 1 atom stereocenters. The molecule has 0 amide bonds. The summed E-state index contributed by atoms with van der Waals surface area (Å²) in [6.45, 7) is 0. The predicted octanol–water partition coefficient (Wildman–Crippen LogP) is 5.71. The van der Waals surface area contributed by atoms with Crippen molar-refractivity contribution in [2.75, 3.05) is 13.4 Å². The smallest absolute Gasteiger partial charge is 0.118 e. The van der Waals surface area contributed by atoms with Gasteiger partial charge in [-0.25, -0.2) is 4.68 Å². The number of nitrogens with zero attached hydrogens (tertiary/aromatic N) is 3. The number of aromatic nitrogens is 2. The first-order chi connectivity index (χ1) is 15.7. The number of benzene rings is 3. The summed E-state index contributed by atoms with van der Waals surface area (Å²) < 4.78 is 7.24. The van der Waals surface area contributed by atoms with E-state index < -0.39 is 0 Å². The van der Waals surface area contributed by atoms with E-state index in [0.717, 1.165) is 46.0 Å². The van der Waals surface area contributed by atoms with Crippen molar-refractivity contribution in [1.82, 2.24) is 15.2 Å². The quantitative estimate of drug-likeness (QED) is 0.390. The number of thioether (sulfide) groups is 1. The highest BCUT2D eigenvalue weighted by atomic mass is 32.2. The Bertz CT molecular complexity index is 1230. The van der Waals surface area contributed by atoms with Gasteiger partial charge < -0.3 is 10.2 Å². The van der Waals surface area contributed by atoms with Crippen LogP contribution in [0.4, 0.5) is 0 Å². The maximum Gasteiger partial charge on any atom is 0.118 e. The van der Waals surface area contributed by atoms with Crippen molar-refractivity contribution in [3.05, 3.63) is 96.2 Å². The summed E-state index contributed by atoms with van der Waals surface area (Å²) in [5.74, 6) is 0.844. The van der Waals surface area contributed by atoms with E-state index in [0.29, 0.717) is 0 Å². The van der Waals surface area contributed by atoms with Gasteiger partial charge in [-0.2, -0.15) is 10.2 Å². The first-order valence-corrected chi connectivity index (χ1v) is 11.7. The van der Waals surface area contributed by atoms with Crippen molar-refractivity contribution >= 4 is 17.5 Å². The second-order valence-corrected chi connectivity index (χ2v) is 8.49. The Morgan fingerprint density at radius 1 is 0.938 bits per heavy atom. The first kappa shape index (κ1) is 20.4. The van der Waals surface area contributed by atoms with E-state index in [2.05, 4.69) is 71.5 Å². The molecule has 0 radical (unpaired) electrons. The van der Waals surface area contributed by atoms with Gasteiger partial charge in [-0.15, -0.1) is 11.8 Å². The van der Waals surface area contributed by atoms with Crippen LogP contribution in [0.3, 0.4) is 0 Å². The summed E-state index contributed by atoms with van der Waals surface area (Å²) in [6.07, 6.45) is 5.01. The molecule has 0 bridgehead atoms. The largest absolute Gasteiger partial charge is 0.497 e.